The van der Waals surface area contributed by atoms with Gasteiger partial charge in [-0.15, -0.1) is 0 Å². The van der Waals surface area contributed by atoms with Crippen LogP contribution in [0.2, 0.25) is 10.0 Å². The van der Waals surface area contributed by atoms with Gasteiger partial charge in [0.1, 0.15) is 6.20 Å². The monoisotopic (exact) mass is 299 g/mol. The van der Waals surface area contributed by atoms with Crippen LogP contribution in [0, 0.1) is 0 Å². The first-order valence-corrected chi connectivity index (χ1v) is 6.64. The molecule has 4 nitrogen and oxygen atoms in total. The van der Waals surface area contributed by atoms with Gasteiger partial charge in [0.15, 0.2) is 6.34 Å². The first kappa shape index (κ1) is 13.1. The Morgan fingerprint density at radius 1 is 1.26 bits per heavy atom. The fraction of sp³-hybridized carbons (Fsp3) is 0.308. The Hall–Kier alpha value is -0.910. The SMILES string of the molecule is C[N+]1(C2(c3ccc(Cl)cc3Cl)OCCO2)C=CN=C1. The highest BCUT2D eigenvalue weighted by Crippen LogP contribution is 2.43. The van der Waals surface area contributed by atoms with E-state index in [4.69, 9.17) is 32.7 Å². The minimum Gasteiger partial charge on any atom is -0.296 e. The van der Waals surface area contributed by atoms with Crippen molar-refractivity contribution in [2.45, 2.75) is 5.91 Å². The Balaban J connectivity index is 2.16. The predicted octanol–water partition coefficient (Wildman–Crippen LogP) is 3.11. The number of halogens is 2. The van der Waals surface area contributed by atoms with E-state index in [2.05, 4.69) is 4.99 Å². The number of nitrogens with zero attached hydrogens (tertiary/aromatic N) is 2. The van der Waals surface area contributed by atoms with Gasteiger partial charge in [-0.05, 0) is 18.2 Å². The number of ether oxygens (including phenoxy) is 2. The molecule has 0 radical (unpaired) electrons. The van der Waals surface area contributed by atoms with E-state index in [1.165, 1.54) is 0 Å². The first-order valence-electron chi connectivity index (χ1n) is 5.89. The van der Waals surface area contributed by atoms with E-state index in [1.807, 2.05) is 19.3 Å². The number of hydrogen-bond donors (Lipinski definition) is 0. The summed E-state index contributed by atoms with van der Waals surface area (Å²) in [7, 11) is 1.95. The van der Waals surface area contributed by atoms with Gasteiger partial charge in [0.05, 0.1) is 37.0 Å². The van der Waals surface area contributed by atoms with E-state index < -0.39 is 5.91 Å². The van der Waals surface area contributed by atoms with Crippen molar-refractivity contribution < 1.29 is 14.0 Å². The molecule has 1 unspecified atom stereocenters. The zero-order chi connectivity index (χ0) is 13.5. The Morgan fingerprint density at radius 3 is 2.58 bits per heavy atom. The Morgan fingerprint density at radius 2 is 2.00 bits per heavy atom. The topological polar surface area (TPSA) is 30.8 Å². The highest BCUT2D eigenvalue weighted by atomic mass is 35.5. The minimum atomic E-state index is -1.00. The fourth-order valence-corrected chi connectivity index (χ4v) is 2.94. The lowest BCUT2D eigenvalue weighted by molar-refractivity contribution is -0.895. The van der Waals surface area contributed by atoms with Crippen LogP contribution >= 0.6 is 23.2 Å². The van der Waals surface area contributed by atoms with Gasteiger partial charge in [-0.25, -0.2) is 4.99 Å². The molecule has 0 amide bonds. The van der Waals surface area contributed by atoms with Crippen LogP contribution in [0.15, 0.2) is 35.6 Å². The second-order valence-corrected chi connectivity index (χ2v) is 5.46. The Bertz CT molecular complexity index is 554. The number of aliphatic imine (C=N–C) groups is 1. The molecule has 1 aromatic rings. The molecule has 0 aromatic heterocycles. The van der Waals surface area contributed by atoms with E-state index in [9.17, 15) is 0 Å². The molecular formula is C13H13Cl2N2O2+. The van der Waals surface area contributed by atoms with Crippen LogP contribution in [0.1, 0.15) is 5.56 Å². The van der Waals surface area contributed by atoms with Gasteiger partial charge < -0.3 is 0 Å². The molecule has 0 N–H and O–H groups in total. The maximum atomic E-state index is 6.32. The third kappa shape index (κ3) is 1.91. The molecule has 2 aliphatic heterocycles. The first-order chi connectivity index (χ1) is 9.07. The zero-order valence-corrected chi connectivity index (χ0v) is 11.9. The van der Waals surface area contributed by atoms with Crippen molar-refractivity contribution in [3.63, 3.8) is 0 Å². The van der Waals surface area contributed by atoms with Crippen LogP contribution in [0.5, 0.6) is 0 Å². The Kier molecular flexibility index (Phi) is 3.15. The summed E-state index contributed by atoms with van der Waals surface area (Å²) in [5.41, 5.74) is 0.747. The maximum Gasteiger partial charge on any atom is 0.359 e. The summed E-state index contributed by atoms with van der Waals surface area (Å²) in [5.74, 6) is -1.00. The molecule has 2 aliphatic rings. The van der Waals surface area contributed by atoms with E-state index in [1.54, 1.807) is 24.7 Å². The lowest BCUT2D eigenvalue weighted by atomic mass is 10.1. The minimum absolute atomic E-state index is 0.258. The van der Waals surface area contributed by atoms with Crippen molar-refractivity contribution in [2.75, 3.05) is 20.3 Å². The molecule has 2 heterocycles. The third-order valence-corrected chi connectivity index (χ3v) is 3.90. The van der Waals surface area contributed by atoms with E-state index in [-0.39, 0.29) is 4.48 Å². The second-order valence-electron chi connectivity index (χ2n) is 4.61. The van der Waals surface area contributed by atoms with Crippen molar-refractivity contribution in [2.24, 2.45) is 4.99 Å². The van der Waals surface area contributed by atoms with Crippen LogP contribution in [0.25, 0.3) is 0 Å². The predicted molar refractivity (Wildman–Crippen MR) is 73.9 cm³/mol. The lowest BCUT2D eigenvalue weighted by Crippen LogP contribution is -2.55. The summed E-state index contributed by atoms with van der Waals surface area (Å²) in [4.78, 5) is 4.14. The van der Waals surface area contributed by atoms with E-state index in [0.29, 0.717) is 23.3 Å². The van der Waals surface area contributed by atoms with Crippen LogP contribution in [-0.4, -0.2) is 31.1 Å². The molecule has 0 aliphatic carbocycles. The van der Waals surface area contributed by atoms with E-state index in [0.717, 1.165) is 5.56 Å². The summed E-state index contributed by atoms with van der Waals surface area (Å²) in [6.45, 7) is 1.02. The number of quaternary nitrogens is 1. The number of hydrogen-bond acceptors (Lipinski definition) is 3. The van der Waals surface area contributed by atoms with Gasteiger partial charge in [-0.2, -0.15) is 4.48 Å². The fourth-order valence-electron chi connectivity index (χ4n) is 2.41. The molecule has 19 heavy (non-hydrogen) atoms. The smallest absolute Gasteiger partial charge is 0.296 e. The molecule has 3 rings (SSSR count). The standard InChI is InChI=1S/C13H13Cl2N2O2/c1-17(5-4-16-9-17)13(18-6-7-19-13)11-3-2-10(14)8-12(11)15/h2-5,8-9H,6-7H2,1H3/q+1. The van der Waals surface area contributed by atoms with Gasteiger partial charge in [0, 0.05) is 5.02 Å². The van der Waals surface area contributed by atoms with Gasteiger partial charge in [0.25, 0.3) is 0 Å². The van der Waals surface area contributed by atoms with Crippen molar-refractivity contribution >= 4 is 29.5 Å². The highest BCUT2D eigenvalue weighted by molar-refractivity contribution is 6.35. The quantitative estimate of drug-likeness (QED) is 0.786. The molecule has 1 fully saturated rings. The molecule has 1 aromatic carbocycles. The molecule has 1 saturated heterocycles. The molecule has 1 atom stereocenters. The summed E-state index contributed by atoms with van der Waals surface area (Å²) in [5, 5.41) is 1.10. The van der Waals surface area contributed by atoms with Crippen LogP contribution < -0.4 is 0 Å². The van der Waals surface area contributed by atoms with Crippen molar-refractivity contribution in [3.8, 4) is 0 Å². The van der Waals surface area contributed by atoms with Crippen molar-refractivity contribution in [1.82, 2.24) is 0 Å². The molecule has 6 heteroatoms. The third-order valence-electron chi connectivity index (χ3n) is 3.35. The highest BCUT2D eigenvalue weighted by Gasteiger charge is 2.56. The van der Waals surface area contributed by atoms with Gasteiger partial charge in [-0.3, -0.25) is 9.47 Å². The molecular weight excluding hydrogens is 287 g/mol. The maximum absolute atomic E-state index is 6.32. The molecule has 0 saturated carbocycles. The van der Waals surface area contributed by atoms with Crippen molar-refractivity contribution in [3.05, 3.63) is 46.2 Å². The van der Waals surface area contributed by atoms with Crippen LogP contribution in [-0.2, 0) is 15.4 Å². The summed E-state index contributed by atoms with van der Waals surface area (Å²) in [6, 6.07) is 5.30. The zero-order valence-electron chi connectivity index (χ0n) is 10.3. The average Bonchev–Trinajstić information content (AvgIpc) is 2.99. The van der Waals surface area contributed by atoms with Gasteiger partial charge in [-0.1, -0.05) is 23.2 Å². The van der Waals surface area contributed by atoms with Gasteiger partial charge in [0.2, 0.25) is 0 Å². The summed E-state index contributed by atoms with van der Waals surface area (Å²) < 4.78 is 12.1. The normalized spacial score (nSPS) is 28.2. The van der Waals surface area contributed by atoms with Crippen LogP contribution in [0.4, 0.5) is 0 Å². The molecule has 100 valence electrons. The number of rotatable bonds is 2. The van der Waals surface area contributed by atoms with E-state index >= 15 is 0 Å². The lowest BCUT2D eigenvalue weighted by Gasteiger charge is -2.39. The second kappa shape index (κ2) is 4.58. The molecule has 0 spiro atoms. The van der Waals surface area contributed by atoms with Crippen LogP contribution in [0.3, 0.4) is 0 Å². The summed E-state index contributed by atoms with van der Waals surface area (Å²) in [6.07, 6.45) is 5.38. The Labute approximate surface area is 121 Å². The molecule has 0 bridgehead atoms. The summed E-state index contributed by atoms with van der Waals surface area (Å²) >= 11 is 12.3. The largest absolute Gasteiger partial charge is 0.359 e. The van der Waals surface area contributed by atoms with Gasteiger partial charge >= 0.3 is 5.91 Å². The average molecular weight is 300 g/mol. The van der Waals surface area contributed by atoms with Crippen molar-refractivity contribution in [1.29, 1.82) is 0 Å². The number of benzene rings is 1.